The van der Waals surface area contributed by atoms with E-state index >= 15 is 0 Å². The van der Waals surface area contributed by atoms with Crippen LogP contribution < -0.4 is 0 Å². The van der Waals surface area contributed by atoms with E-state index in [4.69, 9.17) is 18.9 Å². The van der Waals surface area contributed by atoms with Gasteiger partial charge in [0.25, 0.3) is 0 Å². The van der Waals surface area contributed by atoms with Crippen molar-refractivity contribution in [1.82, 2.24) is 0 Å². The predicted octanol–water partition coefficient (Wildman–Crippen LogP) is 2.91. The number of ether oxygens (including phenoxy) is 4. The maximum absolute atomic E-state index is 10.4. The van der Waals surface area contributed by atoms with E-state index in [0.717, 1.165) is 11.1 Å². The maximum atomic E-state index is 10.4. The van der Waals surface area contributed by atoms with E-state index in [1.54, 1.807) is 0 Å². The van der Waals surface area contributed by atoms with Crippen LogP contribution in [0.5, 0.6) is 0 Å². The Morgan fingerprint density at radius 2 is 1.58 bits per heavy atom. The molecule has 0 spiro atoms. The summed E-state index contributed by atoms with van der Waals surface area (Å²) in [5, 5.41) is 10.4. The summed E-state index contributed by atoms with van der Waals surface area (Å²) in [6.45, 7) is 1.39. The van der Waals surface area contributed by atoms with Gasteiger partial charge in [0.05, 0.1) is 32.0 Å². The van der Waals surface area contributed by atoms with E-state index in [2.05, 4.69) is 0 Å². The lowest BCUT2D eigenvalue weighted by atomic mass is 10.0. The molecule has 0 aliphatic carbocycles. The van der Waals surface area contributed by atoms with Crippen molar-refractivity contribution in [2.45, 2.75) is 44.2 Å². The second kappa shape index (κ2) is 9.80. The zero-order valence-electron chi connectivity index (χ0n) is 15.0. The van der Waals surface area contributed by atoms with Crippen molar-refractivity contribution in [3.05, 3.63) is 71.8 Å². The van der Waals surface area contributed by atoms with Crippen LogP contribution in [0.2, 0.25) is 0 Å². The second-order valence-corrected chi connectivity index (χ2v) is 6.42. The van der Waals surface area contributed by atoms with Gasteiger partial charge in [-0.05, 0) is 11.1 Å². The number of methoxy groups -OCH3 is 1. The summed E-state index contributed by atoms with van der Waals surface area (Å²) in [4.78, 5) is 0. The number of aliphatic hydroxyl groups excluding tert-OH is 1. The molecule has 4 atom stereocenters. The highest BCUT2D eigenvalue weighted by molar-refractivity contribution is 5.14. The molecule has 140 valence electrons. The monoisotopic (exact) mass is 358 g/mol. The van der Waals surface area contributed by atoms with Crippen LogP contribution in [0.4, 0.5) is 0 Å². The molecule has 0 amide bonds. The molecule has 1 aliphatic heterocycles. The third-order valence-electron chi connectivity index (χ3n) is 4.44. The molecule has 1 fully saturated rings. The Labute approximate surface area is 154 Å². The van der Waals surface area contributed by atoms with Gasteiger partial charge in [0, 0.05) is 13.5 Å². The summed E-state index contributed by atoms with van der Waals surface area (Å²) >= 11 is 0. The molecular formula is C21H26O5. The molecule has 3 rings (SSSR count). The van der Waals surface area contributed by atoms with Crippen molar-refractivity contribution in [2.75, 3.05) is 13.7 Å². The summed E-state index contributed by atoms with van der Waals surface area (Å²) in [7, 11) is 1.52. The number of benzene rings is 2. The van der Waals surface area contributed by atoms with Crippen LogP contribution in [0.15, 0.2) is 60.7 Å². The topological polar surface area (TPSA) is 57.2 Å². The van der Waals surface area contributed by atoms with Gasteiger partial charge in [-0.15, -0.1) is 0 Å². The van der Waals surface area contributed by atoms with E-state index in [1.807, 2.05) is 60.7 Å². The fourth-order valence-corrected chi connectivity index (χ4v) is 3.03. The first-order chi connectivity index (χ1) is 12.8. The molecule has 1 saturated heterocycles. The van der Waals surface area contributed by atoms with Gasteiger partial charge in [-0.3, -0.25) is 0 Å². The molecular weight excluding hydrogens is 332 g/mol. The average molecular weight is 358 g/mol. The van der Waals surface area contributed by atoms with Gasteiger partial charge in [0.15, 0.2) is 6.29 Å². The second-order valence-electron chi connectivity index (χ2n) is 6.42. The Balaban J connectivity index is 1.51. The average Bonchev–Trinajstić information content (AvgIpc) is 2.69. The summed E-state index contributed by atoms with van der Waals surface area (Å²) in [6.07, 6.45) is -1.53. The van der Waals surface area contributed by atoms with Crippen LogP contribution in [0, 0.1) is 0 Å². The molecule has 0 aromatic heterocycles. The normalized spacial score (nSPS) is 25.9. The highest BCUT2D eigenvalue weighted by Crippen LogP contribution is 2.25. The number of hydrogen-bond acceptors (Lipinski definition) is 5. The van der Waals surface area contributed by atoms with Gasteiger partial charge < -0.3 is 24.1 Å². The van der Waals surface area contributed by atoms with Crippen molar-refractivity contribution >= 4 is 0 Å². The van der Waals surface area contributed by atoms with Crippen LogP contribution in [0.25, 0.3) is 0 Å². The van der Waals surface area contributed by atoms with Crippen molar-refractivity contribution in [3.63, 3.8) is 0 Å². The van der Waals surface area contributed by atoms with Gasteiger partial charge in [-0.25, -0.2) is 0 Å². The zero-order valence-corrected chi connectivity index (χ0v) is 15.0. The lowest BCUT2D eigenvalue weighted by Crippen LogP contribution is -2.51. The summed E-state index contributed by atoms with van der Waals surface area (Å²) in [5.74, 6) is 0. The van der Waals surface area contributed by atoms with Gasteiger partial charge in [-0.1, -0.05) is 60.7 Å². The van der Waals surface area contributed by atoms with Gasteiger partial charge in [0.1, 0.15) is 6.10 Å². The van der Waals surface area contributed by atoms with Gasteiger partial charge >= 0.3 is 0 Å². The molecule has 26 heavy (non-hydrogen) atoms. The minimum atomic E-state index is -0.825. The van der Waals surface area contributed by atoms with E-state index < -0.39 is 12.4 Å². The molecule has 2 aromatic rings. The van der Waals surface area contributed by atoms with Gasteiger partial charge in [0.2, 0.25) is 0 Å². The first-order valence-electron chi connectivity index (χ1n) is 8.90. The van der Waals surface area contributed by atoms with E-state index in [9.17, 15) is 5.11 Å². The molecule has 1 heterocycles. The third-order valence-corrected chi connectivity index (χ3v) is 4.44. The SMILES string of the molecule is CO[C@@H]1O[C@H](COCc2ccccc2)C[C@H](OCc2ccccc2)[C@H]1O. The Bertz CT molecular complexity index is 633. The predicted molar refractivity (Wildman–Crippen MR) is 97.4 cm³/mol. The molecule has 0 bridgehead atoms. The van der Waals surface area contributed by atoms with E-state index in [1.165, 1.54) is 7.11 Å². The lowest BCUT2D eigenvalue weighted by molar-refractivity contribution is -0.273. The number of hydrogen-bond donors (Lipinski definition) is 1. The van der Waals surface area contributed by atoms with Crippen molar-refractivity contribution in [1.29, 1.82) is 0 Å². The van der Waals surface area contributed by atoms with E-state index in [-0.39, 0.29) is 12.2 Å². The molecule has 1 N–H and O–H groups in total. The first kappa shape index (κ1) is 19.0. The molecule has 0 unspecified atom stereocenters. The molecule has 0 radical (unpaired) electrons. The summed E-state index contributed by atoms with van der Waals surface area (Å²) < 4.78 is 22.8. The highest BCUT2D eigenvalue weighted by atomic mass is 16.7. The van der Waals surface area contributed by atoms with Crippen LogP contribution in [-0.4, -0.2) is 43.4 Å². The van der Waals surface area contributed by atoms with Crippen LogP contribution in [0.1, 0.15) is 17.5 Å². The zero-order chi connectivity index (χ0) is 18.2. The standard InChI is InChI=1S/C21H26O5/c1-23-21-20(22)19(25-14-17-10-6-3-7-11-17)12-18(26-21)15-24-13-16-8-4-2-5-9-16/h2-11,18-22H,12-15H2,1H3/t18-,19-,20+,21+/m0/s1. The Morgan fingerprint density at radius 3 is 2.19 bits per heavy atom. The lowest BCUT2D eigenvalue weighted by Gasteiger charge is -2.38. The van der Waals surface area contributed by atoms with Crippen LogP contribution in [0.3, 0.4) is 0 Å². The number of aliphatic hydroxyl groups is 1. The maximum Gasteiger partial charge on any atom is 0.186 e. The quantitative estimate of drug-likeness (QED) is 0.786. The van der Waals surface area contributed by atoms with E-state index in [0.29, 0.717) is 26.2 Å². The smallest absolute Gasteiger partial charge is 0.186 e. The number of rotatable bonds is 8. The molecule has 2 aromatic carbocycles. The molecule has 5 heteroatoms. The van der Waals surface area contributed by atoms with Crippen molar-refractivity contribution in [3.8, 4) is 0 Å². The minimum Gasteiger partial charge on any atom is -0.385 e. The Kier molecular flexibility index (Phi) is 7.17. The Hall–Kier alpha value is -1.76. The summed E-state index contributed by atoms with van der Waals surface area (Å²) in [6, 6.07) is 19.9. The van der Waals surface area contributed by atoms with Crippen LogP contribution >= 0.6 is 0 Å². The minimum absolute atomic E-state index is 0.187. The fraction of sp³-hybridized carbons (Fsp3) is 0.429. The van der Waals surface area contributed by atoms with Gasteiger partial charge in [-0.2, -0.15) is 0 Å². The van der Waals surface area contributed by atoms with Crippen molar-refractivity contribution in [2.24, 2.45) is 0 Å². The third kappa shape index (κ3) is 5.37. The van der Waals surface area contributed by atoms with Crippen LogP contribution in [-0.2, 0) is 32.2 Å². The summed E-state index contributed by atoms with van der Waals surface area (Å²) in [5.41, 5.74) is 2.18. The largest absolute Gasteiger partial charge is 0.385 e. The highest BCUT2D eigenvalue weighted by Gasteiger charge is 2.38. The Morgan fingerprint density at radius 1 is 0.962 bits per heavy atom. The fourth-order valence-electron chi connectivity index (χ4n) is 3.03. The molecule has 0 saturated carbocycles. The molecule has 1 aliphatic rings. The first-order valence-corrected chi connectivity index (χ1v) is 8.90. The molecule has 5 nitrogen and oxygen atoms in total. The van der Waals surface area contributed by atoms with Crippen molar-refractivity contribution < 1.29 is 24.1 Å².